The van der Waals surface area contributed by atoms with Crippen molar-refractivity contribution < 1.29 is 9.59 Å². The summed E-state index contributed by atoms with van der Waals surface area (Å²) >= 11 is 6.11. The molecule has 0 aromatic carbocycles. The molecule has 2 heterocycles. The number of Topliss-reactive ketones (excluding diaryl/α,β-unsaturated/α-hetero) is 1. The molecule has 2 rings (SSSR count). The number of halogens is 1. The molecular formula is C14H13ClN2O2. The van der Waals surface area contributed by atoms with Crippen molar-refractivity contribution in [2.24, 2.45) is 0 Å². The largest absolute Gasteiger partial charge is 0.342 e. The normalized spacial score (nSPS) is 13.8. The van der Waals surface area contributed by atoms with E-state index in [1.807, 2.05) is 0 Å². The monoisotopic (exact) mass is 276 g/mol. The van der Waals surface area contributed by atoms with Crippen LogP contribution in [0.25, 0.3) is 0 Å². The molecule has 0 spiro atoms. The van der Waals surface area contributed by atoms with Gasteiger partial charge in [0.25, 0.3) is 0 Å². The number of carbonyl (C=O) groups is 2. The number of alkyl halides is 1. The minimum absolute atomic E-state index is 0.107. The van der Waals surface area contributed by atoms with Crippen LogP contribution in [0, 0.1) is 0 Å². The van der Waals surface area contributed by atoms with Crippen LogP contribution in [0.15, 0.2) is 42.7 Å². The minimum atomic E-state index is -1.13. The lowest BCUT2D eigenvalue weighted by molar-refractivity contribution is -0.110. The van der Waals surface area contributed by atoms with Gasteiger partial charge in [-0.05, 0) is 31.2 Å². The summed E-state index contributed by atoms with van der Waals surface area (Å²) in [5.41, 5.74) is 0.984. The van der Waals surface area contributed by atoms with Crippen molar-refractivity contribution in [3.63, 3.8) is 0 Å². The molecule has 0 fully saturated rings. The van der Waals surface area contributed by atoms with Crippen molar-refractivity contribution in [1.82, 2.24) is 9.55 Å². The molecule has 1 atom stereocenters. The first kappa shape index (κ1) is 13.5. The maximum absolute atomic E-state index is 12.1. The average molecular weight is 277 g/mol. The van der Waals surface area contributed by atoms with Crippen LogP contribution in [-0.2, 0) is 16.2 Å². The predicted octanol–water partition coefficient (Wildman–Crippen LogP) is 2.42. The lowest BCUT2D eigenvalue weighted by Gasteiger charge is -2.17. The van der Waals surface area contributed by atoms with Crippen LogP contribution in [0.4, 0.5) is 0 Å². The quantitative estimate of drug-likeness (QED) is 0.479. The highest BCUT2D eigenvalue weighted by Crippen LogP contribution is 2.26. The molecule has 0 saturated carbocycles. The predicted molar refractivity (Wildman–Crippen MR) is 72.3 cm³/mol. The van der Waals surface area contributed by atoms with Crippen LogP contribution in [-0.4, -0.2) is 21.6 Å². The maximum Gasteiger partial charge on any atom is 0.200 e. The van der Waals surface area contributed by atoms with E-state index in [9.17, 15) is 9.59 Å². The Kier molecular flexibility index (Phi) is 3.81. The van der Waals surface area contributed by atoms with Gasteiger partial charge >= 0.3 is 0 Å². The molecule has 0 amide bonds. The van der Waals surface area contributed by atoms with Crippen molar-refractivity contribution in [3.8, 4) is 0 Å². The smallest absolute Gasteiger partial charge is 0.200 e. The summed E-state index contributed by atoms with van der Waals surface area (Å²) in [7, 11) is 0. The summed E-state index contributed by atoms with van der Waals surface area (Å²) in [4.78, 5) is 25.9. The Balaban J connectivity index is 2.24. The second-order valence-corrected chi connectivity index (χ2v) is 5.14. The van der Waals surface area contributed by atoms with Crippen LogP contribution in [0.5, 0.6) is 0 Å². The Morgan fingerprint density at radius 3 is 2.84 bits per heavy atom. The van der Waals surface area contributed by atoms with E-state index >= 15 is 0 Å². The Bertz CT molecular complexity index is 591. The molecule has 0 radical (unpaired) electrons. The zero-order valence-electron chi connectivity index (χ0n) is 10.4. The SMILES string of the molecule is CC(Cl)(C=O)c1cccn1CC(=O)c1ccccn1. The second kappa shape index (κ2) is 5.36. The third-order valence-electron chi connectivity index (χ3n) is 2.82. The summed E-state index contributed by atoms with van der Waals surface area (Å²) in [6.07, 6.45) is 3.95. The van der Waals surface area contributed by atoms with Crippen LogP contribution in [0.3, 0.4) is 0 Å². The maximum atomic E-state index is 12.1. The number of pyridine rings is 1. The Morgan fingerprint density at radius 1 is 1.42 bits per heavy atom. The van der Waals surface area contributed by atoms with Crippen LogP contribution < -0.4 is 0 Å². The van der Waals surface area contributed by atoms with E-state index < -0.39 is 4.87 Å². The Hall–Kier alpha value is -1.94. The number of hydrogen-bond acceptors (Lipinski definition) is 3. The summed E-state index contributed by atoms with van der Waals surface area (Å²) in [5, 5.41) is 0. The van der Waals surface area contributed by atoms with Crippen molar-refractivity contribution in [2.75, 3.05) is 0 Å². The molecule has 0 bridgehead atoms. The molecule has 0 saturated heterocycles. The fourth-order valence-corrected chi connectivity index (χ4v) is 1.99. The fourth-order valence-electron chi connectivity index (χ4n) is 1.82. The van der Waals surface area contributed by atoms with E-state index in [2.05, 4.69) is 4.98 Å². The van der Waals surface area contributed by atoms with Gasteiger partial charge < -0.3 is 9.36 Å². The summed E-state index contributed by atoms with van der Waals surface area (Å²) in [6.45, 7) is 1.70. The molecule has 1 unspecified atom stereocenters. The van der Waals surface area contributed by atoms with Gasteiger partial charge in [0.1, 0.15) is 16.9 Å². The third kappa shape index (κ3) is 2.90. The first-order valence-corrected chi connectivity index (χ1v) is 6.17. The molecule has 2 aromatic heterocycles. The van der Waals surface area contributed by atoms with Gasteiger partial charge in [0, 0.05) is 18.1 Å². The number of aromatic nitrogens is 2. The van der Waals surface area contributed by atoms with Gasteiger partial charge in [-0.1, -0.05) is 6.07 Å². The van der Waals surface area contributed by atoms with Crippen molar-refractivity contribution in [3.05, 3.63) is 54.1 Å². The number of ketones is 1. The molecule has 0 aliphatic rings. The van der Waals surface area contributed by atoms with Gasteiger partial charge in [-0.3, -0.25) is 9.78 Å². The van der Waals surface area contributed by atoms with Gasteiger partial charge in [0.2, 0.25) is 5.78 Å². The van der Waals surface area contributed by atoms with Crippen LogP contribution in [0.2, 0.25) is 0 Å². The molecule has 0 N–H and O–H groups in total. The highest BCUT2D eigenvalue weighted by Gasteiger charge is 2.26. The molecule has 2 aromatic rings. The average Bonchev–Trinajstić information content (AvgIpc) is 2.88. The number of nitrogens with zero attached hydrogens (tertiary/aromatic N) is 2. The van der Waals surface area contributed by atoms with Crippen molar-refractivity contribution in [2.45, 2.75) is 18.3 Å². The standard InChI is InChI=1S/C14H13ClN2O2/c1-14(15,10-18)13-6-4-8-17(13)9-12(19)11-5-2-3-7-16-11/h2-8,10H,9H2,1H3. The first-order valence-electron chi connectivity index (χ1n) is 5.79. The summed E-state index contributed by atoms with van der Waals surface area (Å²) < 4.78 is 1.67. The molecular weight excluding hydrogens is 264 g/mol. The van der Waals surface area contributed by atoms with E-state index in [0.29, 0.717) is 17.7 Å². The third-order valence-corrected chi connectivity index (χ3v) is 3.10. The number of rotatable bonds is 5. The Morgan fingerprint density at radius 2 is 2.21 bits per heavy atom. The highest BCUT2D eigenvalue weighted by atomic mass is 35.5. The van der Waals surface area contributed by atoms with E-state index in [1.165, 1.54) is 0 Å². The van der Waals surface area contributed by atoms with Crippen molar-refractivity contribution in [1.29, 1.82) is 0 Å². The topological polar surface area (TPSA) is 52.0 Å². The van der Waals surface area contributed by atoms with E-state index in [4.69, 9.17) is 11.6 Å². The second-order valence-electron chi connectivity index (χ2n) is 4.35. The first-order chi connectivity index (χ1) is 9.04. The zero-order chi connectivity index (χ0) is 13.9. The summed E-state index contributed by atoms with van der Waals surface area (Å²) in [5.74, 6) is -0.128. The van der Waals surface area contributed by atoms with Gasteiger partial charge in [0.15, 0.2) is 0 Å². The number of hydrogen-bond donors (Lipinski definition) is 0. The number of carbonyl (C=O) groups excluding carboxylic acids is 2. The fraction of sp³-hybridized carbons (Fsp3) is 0.214. The van der Waals surface area contributed by atoms with E-state index in [0.717, 1.165) is 0 Å². The van der Waals surface area contributed by atoms with Crippen molar-refractivity contribution >= 4 is 23.7 Å². The number of aldehydes is 1. The minimum Gasteiger partial charge on any atom is -0.342 e. The van der Waals surface area contributed by atoms with Gasteiger partial charge in [-0.2, -0.15) is 0 Å². The van der Waals surface area contributed by atoms with E-state index in [1.54, 1.807) is 54.2 Å². The Labute approximate surface area is 116 Å². The molecule has 5 heteroatoms. The molecule has 19 heavy (non-hydrogen) atoms. The van der Waals surface area contributed by atoms with Gasteiger partial charge in [-0.15, -0.1) is 11.6 Å². The lowest BCUT2D eigenvalue weighted by Crippen LogP contribution is -2.22. The van der Waals surface area contributed by atoms with Gasteiger partial charge in [-0.25, -0.2) is 0 Å². The molecule has 98 valence electrons. The van der Waals surface area contributed by atoms with E-state index in [-0.39, 0.29) is 12.3 Å². The van der Waals surface area contributed by atoms with Crippen LogP contribution in [0.1, 0.15) is 23.1 Å². The van der Waals surface area contributed by atoms with Crippen LogP contribution >= 0.6 is 11.6 Å². The molecule has 4 nitrogen and oxygen atoms in total. The zero-order valence-corrected chi connectivity index (χ0v) is 11.2. The lowest BCUT2D eigenvalue weighted by atomic mass is 10.1. The van der Waals surface area contributed by atoms with Gasteiger partial charge in [0.05, 0.1) is 6.54 Å². The molecule has 0 aliphatic heterocycles. The summed E-state index contributed by atoms with van der Waals surface area (Å²) in [6, 6.07) is 8.65. The molecule has 0 aliphatic carbocycles. The highest BCUT2D eigenvalue weighted by molar-refractivity contribution is 6.31.